The van der Waals surface area contributed by atoms with Crippen molar-refractivity contribution in [2.24, 2.45) is 0 Å². The molecule has 0 amide bonds. The van der Waals surface area contributed by atoms with Gasteiger partial charge in [-0.05, 0) is 107 Å². The highest BCUT2D eigenvalue weighted by Crippen LogP contribution is 2.50. The Morgan fingerprint density at radius 2 is 0.667 bits per heavy atom. The molecule has 0 spiro atoms. The van der Waals surface area contributed by atoms with Crippen LogP contribution in [-0.4, -0.2) is 13.2 Å². The van der Waals surface area contributed by atoms with E-state index in [1.807, 2.05) is 47.0 Å². The van der Waals surface area contributed by atoms with Crippen LogP contribution in [0, 0.1) is 0 Å². The Bertz CT molecular complexity index is 1700. The third kappa shape index (κ3) is 16.7. The number of rotatable bonds is 28. The molecule has 0 bridgehead atoms. The van der Waals surface area contributed by atoms with E-state index in [1.165, 1.54) is 155 Å². The standard InChI is InChI=1S/C54H74O2S4/c1-7-9-11-13-15-17-19-21-23-25-35-55-51-39-50(48-33-29-46(30-34-48)38-54-59-43(5)44(6)60-54)52(56-36-26-24-22-20-18-16-14-12-10-8-2)40-49(51)47-31-27-45(28-32-47)37-53-57-41(3)42(4)58-53/h27-34,37-40H,7-26,35-36H2,1-6H3. The Labute approximate surface area is 383 Å². The van der Waals surface area contributed by atoms with E-state index in [1.54, 1.807) is 0 Å². The average Bonchev–Trinajstić information content (AvgIpc) is 3.75. The second-order valence-electron chi connectivity index (χ2n) is 16.7. The fourth-order valence-electron chi connectivity index (χ4n) is 7.63. The molecule has 6 heteroatoms. The van der Waals surface area contributed by atoms with Gasteiger partial charge in [0.15, 0.2) is 0 Å². The Morgan fingerprint density at radius 1 is 0.383 bits per heavy atom. The lowest BCUT2D eigenvalue weighted by molar-refractivity contribution is 0.298. The predicted molar refractivity (Wildman–Crippen MR) is 275 cm³/mol. The van der Waals surface area contributed by atoms with Gasteiger partial charge in [0.25, 0.3) is 0 Å². The Kier molecular flexibility index (Phi) is 22.4. The number of benzene rings is 3. The van der Waals surface area contributed by atoms with Crippen molar-refractivity contribution in [3.8, 4) is 33.8 Å². The first-order chi connectivity index (χ1) is 29.3. The van der Waals surface area contributed by atoms with E-state index in [0.717, 1.165) is 59.8 Å². The highest BCUT2D eigenvalue weighted by molar-refractivity contribution is 8.29. The molecule has 2 aliphatic heterocycles. The van der Waals surface area contributed by atoms with Gasteiger partial charge < -0.3 is 9.47 Å². The molecule has 0 unspecified atom stereocenters. The van der Waals surface area contributed by atoms with E-state index < -0.39 is 0 Å². The van der Waals surface area contributed by atoms with Crippen molar-refractivity contribution >= 4 is 59.2 Å². The molecule has 3 aromatic carbocycles. The van der Waals surface area contributed by atoms with Crippen molar-refractivity contribution in [2.75, 3.05) is 13.2 Å². The minimum absolute atomic E-state index is 0.723. The molecule has 0 N–H and O–H groups in total. The summed E-state index contributed by atoms with van der Waals surface area (Å²) in [4.78, 5) is 5.61. The van der Waals surface area contributed by atoms with E-state index in [2.05, 4.69) is 114 Å². The largest absolute Gasteiger partial charge is 0.493 e. The van der Waals surface area contributed by atoms with Crippen LogP contribution in [0.25, 0.3) is 34.4 Å². The van der Waals surface area contributed by atoms with Crippen molar-refractivity contribution in [3.63, 3.8) is 0 Å². The molecule has 2 nitrogen and oxygen atoms in total. The van der Waals surface area contributed by atoms with Crippen LogP contribution >= 0.6 is 47.0 Å². The summed E-state index contributed by atoms with van der Waals surface area (Å²) >= 11 is 7.52. The van der Waals surface area contributed by atoms with E-state index in [-0.39, 0.29) is 0 Å². The fraction of sp³-hybridized carbons (Fsp3) is 0.519. The summed E-state index contributed by atoms with van der Waals surface area (Å²) in [6, 6.07) is 22.6. The van der Waals surface area contributed by atoms with E-state index in [4.69, 9.17) is 9.47 Å². The minimum atomic E-state index is 0.723. The molecule has 60 heavy (non-hydrogen) atoms. The van der Waals surface area contributed by atoms with Crippen molar-refractivity contribution in [2.45, 2.75) is 170 Å². The Morgan fingerprint density at radius 3 is 0.967 bits per heavy atom. The molecule has 0 atom stereocenters. The third-order valence-corrected chi connectivity index (χ3v) is 16.6. The summed E-state index contributed by atoms with van der Waals surface area (Å²) in [7, 11) is 0. The van der Waals surface area contributed by atoms with Crippen molar-refractivity contribution < 1.29 is 9.47 Å². The lowest BCUT2D eigenvalue weighted by Gasteiger charge is -2.19. The quantitative estimate of drug-likeness (QED) is 0.0672. The summed E-state index contributed by atoms with van der Waals surface area (Å²) < 4.78 is 16.3. The minimum Gasteiger partial charge on any atom is -0.493 e. The monoisotopic (exact) mass is 882 g/mol. The highest BCUT2D eigenvalue weighted by Gasteiger charge is 2.18. The van der Waals surface area contributed by atoms with Crippen LogP contribution < -0.4 is 9.47 Å². The van der Waals surface area contributed by atoms with Crippen LogP contribution in [0.1, 0.15) is 181 Å². The van der Waals surface area contributed by atoms with Gasteiger partial charge in [0, 0.05) is 19.6 Å². The second kappa shape index (κ2) is 27.6. The number of hydrogen-bond acceptors (Lipinski definition) is 6. The number of allylic oxidation sites excluding steroid dienone is 4. The highest BCUT2D eigenvalue weighted by atomic mass is 32.2. The van der Waals surface area contributed by atoms with Gasteiger partial charge in [-0.1, -0.05) is 225 Å². The molecule has 2 heterocycles. The summed E-state index contributed by atoms with van der Waals surface area (Å²) in [5, 5.41) is 0. The van der Waals surface area contributed by atoms with Crippen molar-refractivity contribution in [1.29, 1.82) is 0 Å². The number of hydrogen-bond donors (Lipinski definition) is 0. The van der Waals surface area contributed by atoms with Crippen molar-refractivity contribution in [3.05, 3.63) is 99.9 Å². The lowest BCUT2D eigenvalue weighted by atomic mass is 9.96. The first kappa shape index (κ1) is 48.6. The van der Waals surface area contributed by atoms with Gasteiger partial charge >= 0.3 is 0 Å². The van der Waals surface area contributed by atoms with E-state index >= 15 is 0 Å². The van der Waals surface area contributed by atoms with Gasteiger partial charge in [-0.25, -0.2) is 0 Å². The molecule has 0 aliphatic carbocycles. The van der Waals surface area contributed by atoms with Gasteiger partial charge in [-0.3, -0.25) is 0 Å². The smallest absolute Gasteiger partial charge is 0.128 e. The van der Waals surface area contributed by atoms with Crippen LogP contribution in [0.4, 0.5) is 0 Å². The summed E-state index contributed by atoms with van der Waals surface area (Å²) in [6.07, 6.45) is 30.9. The molecule has 5 rings (SSSR count). The molecule has 3 aromatic rings. The average molecular weight is 883 g/mol. The molecular formula is C54H74O2S4. The zero-order valence-corrected chi connectivity index (χ0v) is 41.2. The first-order valence-corrected chi connectivity index (χ1v) is 26.8. The summed E-state index contributed by atoms with van der Waals surface area (Å²) in [5.74, 6) is 1.88. The molecule has 0 saturated heterocycles. The third-order valence-electron chi connectivity index (χ3n) is 11.6. The maximum Gasteiger partial charge on any atom is 0.128 e. The van der Waals surface area contributed by atoms with Crippen LogP contribution in [0.15, 0.2) is 88.8 Å². The summed E-state index contributed by atoms with van der Waals surface area (Å²) in [5.41, 5.74) is 6.99. The van der Waals surface area contributed by atoms with Crippen LogP contribution in [0.3, 0.4) is 0 Å². The Hall–Kier alpha value is -2.38. The van der Waals surface area contributed by atoms with Crippen LogP contribution in [0.2, 0.25) is 0 Å². The molecule has 326 valence electrons. The van der Waals surface area contributed by atoms with Gasteiger partial charge in [0.2, 0.25) is 0 Å². The lowest BCUT2D eigenvalue weighted by Crippen LogP contribution is -2.03. The fourth-order valence-corrected chi connectivity index (χ4v) is 12.5. The number of ether oxygens (including phenoxy) is 2. The Balaban J connectivity index is 1.33. The molecule has 0 saturated carbocycles. The maximum atomic E-state index is 6.79. The number of unbranched alkanes of at least 4 members (excludes halogenated alkanes) is 18. The predicted octanol–water partition coefficient (Wildman–Crippen LogP) is 19.7. The van der Waals surface area contributed by atoms with Crippen molar-refractivity contribution in [1.82, 2.24) is 0 Å². The number of thioether (sulfide) groups is 4. The van der Waals surface area contributed by atoms with Gasteiger partial charge in [-0.2, -0.15) is 0 Å². The molecule has 0 fully saturated rings. The second-order valence-corrected chi connectivity index (χ2v) is 22.3. The van der Waals surface area contributed by atoms with Crippen LogP contribution in [0.5, 0.6) is 11.5 Å². The van der Waals surface area contributed by atoms with Gasteiger partial charge in [-0.15, -0.1) is 0 Å². The molecular weight excluding hydrogens is 809 g/mol. The zero-order chi connectivity index (χ0) is 42.4. The molecule has 0 aromatic heterocycles. The van der Waals surface area contributed by atoms with Gasteiger partial charge in [0.1, 0.15) is 11.5 Å². The summed E-state index contributed by atoms with van der Waals surface area (Å²) in [6.45, 7) is 14.9. The van der Waals surface area contributed by atoms with Crippen LogP contribution in [-0.2, 0) is 0 Å². The normalized spacial score (nSPS) is 14.2. The zero-order valence-electron chi connectivity index (χ0n) is 37.9. The molecule has 0 radical (unpaired) electrons. The maximum absolute atomic E-state index is 6.79. The van der Waals surface area contributed by atoms with E-state index in [9.17, 15) is 0 Å². The topological polar surface area (TPSA) is 18.5 Å². The SMILES string of the molecule is CCCCCCCCCCCCOc1cc(-c2ccc(C=C3SC(C)=C(C)S3)cc2)c(OCCCCCCCCCCCC)cc1-c1ccc(C=C2SC(C)=C(C)S2)cc1. The van der Waals surface area contributed by atoms with E-state index in [0.29, 0.717) is 0 Å². The first-order valence-electron chi connectivity index (χ1n) is 23.5. The van der Waals surface area contributed by atoms with Gasteiger partial charge in [0.05, 0.1) is 13.2 Å². The molecule has 2 aliphatic rings.